The van der Waals surface area contributed by atoms with E-state index in [0.717, 1.165) is 25.9 Å². The van der Waals surface area contributed by atoms with Gasteiger partial charge in [0.25, 0.3) is 15.9 Å². The summed E-state index contributed by atoms with van der Waals surface area (Å²) in [5.41, 5.74) is 0.584. The summed E-state index contributed by atoms with van der Waals surface area (Å²) in [6, 6.07) is 0.478. The zero-order valence-electron chi connectivity index (χ0n) is 12.9. The average molecular weight is 361 g/mol. The molecule has 7 nitrogen and oxygen atoms in total. The molecule has 0 radical (unpaired) electrons. The third-order valence-electron chi connectivity index (χ3n) is 4.26. The molecule has 128 valence electrons. The van der Waals surface area contributed by atoms with Crippen molar-refractivity contribution in [3.05, 3.63) is 23.9 Å². The van der Waals surface area contributed by atoms with Gasteiger partial charge in [0.05, 0.1) is 11.3 Å². The molecule has 0 aromatic carbocycles. The fraction of sp³-hybridized carbons (Fsp3) is 0.571. The molecule has 3 aliphatic heterocycles. The summed E-state index contributed by atoms with van der Waals surface area (Å²) in [7, 11) is -1.41. The number of nitrogens with one attached hydrogen (secondary N) is 1. The maximum atomic E-state index is 12.6. The van der Waals surface area contributed by atoms with Gasteiger partial charge in [-0.05, 0) is 32.0 Å². The number of piperidine rings is 1. The lowest BCUT2D eigenvalue weighted by Gasteiger charge is -2.33. The maximum Gasteiger partial charge on any atom is 0.256 e. The second-order valence-electron chi connectivity index (χ2n) is 5.70. The van der Waals surface area contributed by atoms with Crippen LogP contribution < -0.4 is 5.32 Å². The lowest BCUT2D eigenvalue weighted by atomic mass is 10.0. The molecule has 1 amide bonds. The van der Waals surface area contributed by atoms with Crippen LogP contribution in [-0.4, -0.2) is 68.4 Å². The SMILES string of the molecule is CNC1CCN(C(=O)C2=CN3CCS(=O)(=O)N=C3C=C2)CC1.Cl. The molecular formula is C14H21ClN4O3S. The Kier molecular flexibility index (Phi) is 5.49. The van der Waals surface area contributed by atoms with Gasteiger partial charge in [-0.25, -0.2) is 8.42 Å². The van der Waals surface area contributed by atoms with E-state index in [1.165, 1.54) is 0 Å². The minimum atomic E-state index is -3.36. The van der Waals surface area contributed by atoms with Gasteiger partial charge in [0, 0.05) is 31.9 Å². The number of fused-ring (bicyclic) bond motifs is 1. The van der Waals surface area contributed by atoms with E-state index >= 15 is 0 Å². The van der Waals surface area contributed by atoms with E-state index in [1.807, 2.05) is 11.9 Å². The van der Waals surface area contributed by atoms with E-state index in [0.29, 0.717) is 24.0 Å². The molecule has 0 atom stereocenters. The number of likely N-dealkylation sites (tertiary alicyclic amines) is 1. The Morgan fingerprint density at radius 1 is 1.26 bits per heavy atom. The Bertz CT molecular complexity index is 664. The molecule has 0 spiro atoms. The molecule has 1 N–H and O–H groups in total. The van der Waals surface area contributed by atoms with Crippen LogP contribution in [0.3, 0.4) is 0 Å². The first-order chi connectivity index (χ1) is 10.5. The summed E-state index contributed by atoms with van der Waals surface area (Å²) in [4.78, 5) is 16.1. The lowest BCUT2D eigenvalue weighted by molar-refractivity contribution is -0.127. The summed E-state index contributed by atoms with van der Waals surface area (Å²) < 4.78 is 26.7. The average Bonchev–Trinajstić information content (AvgIpc) is 2.53. The van der Waals surface area contributed by atoms with Gasteiger partial charge in [-0.15, -0.1) is 16.8 Å². The number of carbonyl (C=O) groups excluding carboxylic acids is 1. The van der Waals surface area contributed by atoms with Crippen molar-refractivity contribution >= 4 is 34.2 Å². The van der Waals surface area contributed by atoms with E-state index < -0.39 is 10.0 Å². The molecule has 0 aromatic heterocycles. The van der Waals surface area contributed by atoms with Crippen molar-refractivity contribution in [3.63, 3.8) is 0 Å². The Morgan fingerprint density at radius 2 is 1.96 bits per heavy atom. The van der Waals surface area contributed by atoms with Crippen LogP contribution in [0, 0.1) is 0 Å². The van der Waals surface area contributed by atoms with Gasteiger partial charge in [0.1, 0.15) is 5.84 Å². The summed E-state index contributed by atoms with van der Waals surface area (Å²) in [5, 5.41) is 3.24. The van der Waals surface area contributed by atoms with Crippen LogP contribution in [0.1, 0.15) is 12.8 Å². The zero-order chi connectivity index (χ0) is 15.7. The van der Waals surface area contributed by atoms with Crippen LogP contribution in [0.15, 0.2) is 28.3 Å². The normalized spacial score (nSPS) is 23.5. The molecule has 0 unspecified atom stereocenters. The maximum absolute atomic E-state index is 12.6. The van der Waals surface area contributed by atoms with E-state index in [1.54, 1.807) is 23.3 Å². The van der Waals surface area contributed by atoms with Gasteiger partial charge in [-0.2, -0.15) is 0 Å². The van der Waals surface area contributed by atoms with Crippen molar-refractivity contribution in [2.45, 2.75) is 18.9 Å². The number of halogens is 1. The van der Waals surface area contributed by atoms with Crippen molar-refractivity contribution in [1.29, 1.82) is 0 Å². The first-order valence-corrected chi connectivity index (χ1v) is 9.05. The van der Waals surface area contributed by atoms with Gasteiger partial charge < -0.3 is 15.1 Å². The smallest absolute Gasteiger partial charge is 0.256 e. The van der Waals surface area contributed by atoms with Gasteiger partial charge >= 0.3 is 0 Å². The Balaban J connectivity index is 0.00000192. The van der Waals surface area contributed by atoms with Crippen molar-refractivity contribution in [1.82, 2.24) is 15.1 Å². The molecule has 3 heterocycles. The Morgan fingerprint density at radius 3 is 2.61 bits per heavy atom. The van der Waals surface area contributed by atoms with Crippen molar-refractivity contribution < 1.29 is 13.2 Å². The van der Waals surface area contributed by atoms with Crippen LogP contribution in [0.5, 0.6) is 0 Å². The molecule has 1 saturated heterocycles. The number of rotatable bonds is 2. The van der Waals surface area contributed by atoms with Crippen molar-refractivity contribution in [3.8, 4) is 0 Å². The van der Waals surface area contributed by atoms with E-state index in [-0.39, 0.29) is 24.1 Å². The van der Waals surface area contributed by atoms with Gasteiger partial charge in [-0.3, -0.25) is 4.79 Å². The molecule has 23 heavy (non-hydrogen) atoms. The standard InChI is InChI=1S/C14H20N4O3S.ClH/c1-15-12-4-6-17(7-5-12)14(19)11-2-3-13-16-22(20,21)9-8-18(13)10-11;/h2-3,10,12,15H,4-9H2,1H3;1H. The van der Waals surface area contributed by atoms with Crippen molar-refractivity contribution in [2.24, 2.45) is 4.40 Å². The van der Waals surface area contributed by atoms with E-state index in [2.05, 4.69) is 9.71 Å². The second kappa shape index (κ2) is 7.02. The number of hydrogen-bond acceptors (Lipinski definition) is 5. The molecule has 0 aromatic rings. The first-order valence-electron chi connectivity index (χ1n) is 7.44. The molecule has 0 saturated carbocycles. The third-order valence-corrected chi connectivity index (χ3v) is 5.42. The molecule has 0 aliphatic carbocycles. The largest absolute Gasteiger partial charge is 0.338 e. The topological polar surface area (TPSA) is 82.1 Å². The zero-order valence-corrected chi connectivity index (χ0v) is 14.6. The predicted molar refractivity (Wildman–Crippen MR) is 91.1 cm³/mol. The number of sulfonamides is 1. The Hall–Kier alpha value is -1.38. The molecule has 1 fully saturated rings. The number of hydrogen-bond donors (Lipinski definition) is 1. The van der Waals surface area contributed by atoms with E-state index in [9.17, 15) is 13.2 Å². The van der Waals surface area contributed by atoms with Crippen LogP contribution in [0.25, 0.3) is 0 Å². The molecule has 9 heteroatoms. The summed E-state index contributed by atoms with van der Waals surface area (Å²) in [5.74, 6) is 0.366. The minimum Gasteiger partial charge on any atom is -0.338 e. The van der Waals surface area contributed by atoms with Crippen LogP contribution in [0.2, 0.25) is 0 Å². The summed E-state index contributed by atoms with van der Waals surface area (Å²) in [6.45, 7) is 1.82. The van der Waals surface area contributed by atoms with Crippen molar-refractivity contribution in [2.75, 3.05) is 32.4 Å². The Labute approximate surface area is 142 Å². The summed E-state index contributed by atoms with van der Waals surface area (Å²) in [6.07, 6.45) is 6.87. The molecule has 0 bridgehead atoms. The van der Waals surface area contributed by atoms with Gasteiger partial charge in [0.15, 0.2) is 0 Å². The monoisotopic (exact) mass is 360 g/mol. The molecule has 3 rings (SSSR count). The van der Waals surface area contributed by atoms with Gasteiger partial charge in [-0.1, -0.05) is 0 Å². The van der Waals surface area contributed by atoms with Gasteiger partial charge in [0.2, 0.25) is 0 Å². The van der Waals surface area contributed by atoms with E-state index in [4.69, 9.17) is 0 Å². The first kappa shape index (κ1) is 18.0. The number of carbonyl (C=O) groups is 1. The number of nitrogens with zero attached hydrogens (tertiary/aromatic N) is 3. The van der Waals surface area contributed by atoms with Crippen LogP contribution >= 0.6 is 12.4 Å². The number of amides is 1. The highest BCUT2D eigenvalue weighted by Crippen LogP contribution is 2.19. The third kappa shape index (κ3) is 3.94. The highest BCUT2D eigenvalue weighted by atomic mass is 35.5. The predicted octanol–water partition coefficient (Wildman–Crippen LogP) is 0.116. The fourth-order valence-corrected chi connectivity index (χ4v) is 3.85. The lowest BCUT2D eigenvalue weighted by Crippen LogP contribution is -2.45. The fourth-order valence-electron chi connectivity index (χ4n) is 2.88. The molecular weight excluding hydrogens is 340 g/mol. The summed E-state index contributed by atoms with van der Waals surface area (Å²) >= 11 is 0. The second-order valence-corrected chi connectivity index (χ2v) is 7.46. The van der Waals surface area contributed by atoms with Crippen LogP contribution in [0.4, 0.5) is 0 Å². The van der Waals surface area contributed by atoms with Crippen LogP contribution in [-0.2, 0) is 14.8 Å². The molecule has 3 aliphatic rings. The number of amidine groups is 1. The highest BCUT2D eigenvalue weighted by molar-refractivity contribution is 7.90. The quantitative estimate of drug-likeness (QED) is 0.756. The highest BCUT2D eigenvalue weighted by Gasteiger charge is 2.28. The minimum absolute atomic E-state index is 0.